The Bertz CT molecular complexity index is 1640. The smallest absolute Gasteiger partial charge is 0.145 e. The Hall–Kier alpha value is -5.02. The van der Waals surface area contributed by atoms with Crippen molar-refractivity contribution >= 4 is 10.9 Å². The summed E-state index contributed by atoms with van der Waals surface area (Å²) in [4.78, 5) is 13.7. The van der Waals surface area contributed by atoms with Crippen LogP contribution >= 0.6 is 0 Å². The van der Waals surface area contributed by atoms with Gasteiger partial charge in [0.1, 0.15) is 11.5 Å². The predicted octanol–water partition coefficient (Wildman–Crippen LogP) is 5.81. The number of nitrogens with zero attached hydrogens (tertiary/aromatic N) is 6. The number of benzene rings is 2. The average Bonchev–Trinajstić information content (AvgIpc) is 3.55. The van der Waals surface area contributed by atoms with Crippen LogP contribution in [0.4, 0.5) is 0 Å². The fourth-order valence-electron chi connectivity index (χ4n) is 4.18. The minimum Gasteiger partial charge on any atom is -0.317 e. The molecule has 0 amide bonds. The van der Waals surface area contributed by atoms with Crippen molar-refractivity contribution in [2.45, 2.75) is 0 Å². The molecule has 0 bridgehead atoms. The number of aromatic nitrogens is 5. The zero-order valence-corrected chi connectivity index (χ0v) is 18.1. The van der Waals surface area contributed by atoms with E-state index in [-0.39, 0.29) is 0 Å². The molecule has 0 radical (unpaired) electrons. The van der Waals surface area contributed by atoms with Crippen LogP contribution < -0.4 is 0 Å². The second-order valence-electron chi connectivity index (χ2n) is 7.83. The van der Waals surface area contributed by atoms with Crippen molar-refractivity contribution in [2.24, 2.45) is 0 Å². The Morgan fingerprint density at radius 1 is 0.735 bits per heavy atom. The molecule has 4 aromatic heterocycles. The number of hydrogen-bond donors (Lipinski definition) is 0. The number of nitriles is 1. The average molecular weight is 438 g/mol. The summed E-state index contributed by atoms with van der Waals surface area (Å²) in [6.07, 6.45) is 9.34. The third-order valence-corrected chi connectivity index (χ3v) is 5.81. The first-order valence-corrected chi connectivity index (χ1v) is 10.8. The van der Waals surface area contributed by atoms with Gasteiger partial charge in [-0.25, -0.2) is 4.98 Å². The Morgan fingerprint density at radius 2 is 1.65 bits per heavy atom. The summed E-state index contributed by atoms with van der Waals surface area (Å²) >= 11 is 0. The van der Waals surface area contributed by atoms with E-state index in [0.717, 1.165) is 45.1 Å². The van der Waals surface area contributed by atoms with E-state index in [2.05, 4.69) is 44.9 Å². The van der Waals surface area contributed by atoms with Crippen molar-refractivity contribution in [3.8, 4) is 40.2 Å². The van der Waals surface area contributed by atoms with Crippen molar-refractivity contribution in [3.63, 3.8) is 0 Å². The second-order valence-corrected chi connectivity index (χ2v) is 7.83. The van der Waals surface area contributed by atoms with Gasteiger partial charge in [-0.05, 0) is 66.7 Å². The van der Waals surface area contributed by atoms with Gasteiger partial charge in [0, 0.05) is 41.4 Å². The highest BCUT2D eigenvalue weighted by Crippen LogP contribution is 2.29. The van der Waals surface area contributed by atoms with Crippen molar-refractivity contribution in [1.29, 1.82) is 5.26 Å². The van der Waals surface area contributed by atoms with Gasteiger partial charge in [-0.2, -0.15) is 5.26 Å². The van der Waals surface area contributed by atoms with Crippen LogP contribution in [0.1, 0.15) is 5.56 Å². The lowest BCUT2D eigenvalue weighted by Crippen LogP contribution is -1.97. The quantitative estimate of drug-likeness (QED) is 0.348. The Morgan fingerprint density at radius 3 is 2.41 bits per heavy atom. The van der Waals surface area contributed by atoms with Crippen LogP contribution in [0.25, 0.3) is 45.1 Å². The lowest BCUT2D eigenvalue weighted by Gasteiger charge is -2.09. The molecule has 4 heterocycles. The number of fused-ring (bicyclic) bond motifs is 1. The SMILES string of the molecule is N#Cc1cccc2c1ccn2-c1ccc(-c2nc(-c3ccccn3)cn2-c2cccnc2)cc1. The number of imidazole rings is 1. The summed E-state index contributed by atoms with van der Waals surface area (Å²) in [6, 6.07) is 28.0. The maximum Gasteiger partial charge on any atom is 0.145 e. The highest BCUT2D eigenvalue weighted by atomic mass is 15.1. The van der Waals surface area contributed by atoms with Crippen LogP contribution in [0.15, 0.2) is 110 Å². The fraction of sp³-hybridized carbons (Fsp3) is 0. The first-order chi connectivity index (χ1) is 16.8. The van der Waals surface area contributed by atoms with E-state index >= 15 is 0 Å². The molecule has 0 unspecified atom stereocenters. The normalized spacial score (nSPS) is 10.9. The van der Waals surface area contributed by atoms with E-state index in [0.29, 0.717) is 5.56 Å². The molecule has 0 saturated carbocycles. The highest BCUT2D eigenvalue weighted by molar-refractivity contribution is 5.87. The zero-order valence-electron chi connectivity index (χ0n) is 18.1. The van der Waals surface area contributed by atoms with Crippen LogP contribution in [-0.4, -0.2) is 24.1 Å². The van der Waals surface area contributed by atoms with Crippen molar-refractivity contribution in [2.75, 3.05) is 0 Å². The Kier molecular flexibility index (Phi) is 4.71. The van der Waals surface area contributed by atoms with Gasteiger partial charge in [0.25, 0.3) is 0 Å². The topological polar surface area (TPSA) is 72.3 Å². The summed E-state index contributed by atoms with van der Waals surface area (Å²) in [7, 11) is 0. The molecular formula is C28H18N6. The molecule has 6 rings (SSSR count). The molecule has 34 heavy (non-hydrogen) atoms. The molecule has 0 spiro atoms. The minimum absolute atomic E-state index is 0.674. The molecular weight excluding hydrogens is 420 g/mol. The lowest BCUT2D eigenvalue weighted by atomic mass is 10.1. The first kappa shape index (κ1) is 19.6. The van der Waals surface area contributed by atoms with Crippen LogP contribution in [0.3, 0.4) is 0 Å². The minimum atomic E-state index is 0.674. The molecule has 6 aromatic rings. The number of pyridine rings is 2. The van der Waals surface area contributed by atoms with Gasteiger partial charge in [0.05, 0.1) is 34.7 Å². The van der Waals surface area contributed by atoms with Gasteiger partial charge in [0.15, 0.2) is 0 Å². The molecule has 0 aliphatic carbocycles. The largest absolute Gasteiger partial charge is 0.317 e. The van der Waals surface area contributed by atoms with E-state index < -0.39 is 0 Å². The third-order valence-electron chi connectivity index (χ3n) is 5.81. The van der Waals surface area contributed by atoms with Crippen LogP contribution in [0, 0.1) is 11.3 Å². The zero-order chi connectivity index (χ0) is 22.9. The molecule has 160 valence electrons. The van der Waals surface area contributed by atoms with Crippen LogP contribution in [0.2, 0.25) is 0 Å². The molecule has 0 saturated heterocycles. The number of rotatable bonds is 4. The summed E-state index contributed by atoms with van der Waals surface area (Å²) in [6.45, 7) is 0. The summed E-state index contributed by atoms with van der Waals surface area (Å²) in [5, 5.41) is 10.4. The summed E-state index contributed by atoms with van der Waals surface area (Å²) < 4.78 is 4.13. The van der Waals surface area contributed by atoms with E-state index in [9.17, 15) is 5.26 Å². The van der Waals surface area contributed by atoms with Gasteiger partial charge < -0.3 is 4.57 Å². The molecule has 2 aromatic carbocycles. The molecule has 0 aliphatic heterocycles. The molecule has 6 nitrogen and oxygen atoms in total. The van der Waals surface area contributed by atoms with Gasteiger partial charge in [-0.1, -0.05) is 12.1 Å². The van der Waals surface area contributed by atoms with E-state index in [1.54, 1.807) is 12.4 Å². The number of hydrogen-bond acceptors (Lipinski definition) is 4. The van der Waals surface area contributed by atoms with E-state index in [4.69, 9.17) is 4.98 Å². The van der Waals surface area contributed by atoms with E-state index in [1.165, 1.54) is 0 Å². The van der Waals surface area contributed by atoms with E-state index in [1.807, 2.05) is 77.8 Å². The monoisotopic (exact) mass is 438 g/mol. The van der Waals surface area contributed by atoms with Crippen LogP contribution in [0.5, 0.6) is 0 Å². The maximum absolute atomic E-state index is 9.40. The molecule has 0 aliphatic rings. The second kappa shape index (κ2) is 8.15. The van der Waals surface area contributed by atoms with Gasteiger partial charge >= 0.3 is 0 Å². The first-order valence-electron chi connectivity index (χ1n) is 10.8. The highest BCUT2D eigenvalue weighted by Gasteiger charge is 2.14. The molecule has 0 atom stereocenters. The maximum atomic E-state index is 9.40. The molecule has 0 N–H and O–H groups in total. The Labute approximate surface area is 196 Å². The van der Waals surface area contributed by atoms with Crippen LogP contribution in [-0.2, 0) is 0 Å². The summed E-state index contributed by atoms with van der Waals surface area (Å²) in [5.74, 6) is 0.810. The van der Waals surface area contributed by atoms with Crippen molar-refractivity contribution in [3.05, 3.63) is 115 Å². The van der Waals surface area contributed by atoms with Gasteiger partial charge in [-0.3, -0.25) is 14.5 Å². The van der Waals surface area contributed by atoms with Gasteiger partial charge in [0.2, 0.25) is 0 Å². The summed E-state index contributed by atoms with van der Waals surface area (Å²) in [5.41, 5.74) is 6.20. The lowest BCUT2D eigenvalue weighted by molar-refractivity contribution is 1.05. The Balaban J connectivity index is 1.45. The standard InChI is InChI=1S/C28H18N6/c29-17-21-5-3-8-27-24(21)13-16-33(27)22-11-9-20(10-12-22)28-32-26(25-7-1-2-15-31-25)19-34(28)23-6-4-14-30-18-23/h1-16,18-19H. The fourth-order valence-corrected chi connectivity index (χ4v) is 4.18. The van der Waals surface area contributed by atoms with Gasteiger partial charge in [-0.15, -0.1) is 0 Å². The van der Waals surface area contributed by atoms with Crippen molar-refractivity contribution < 1.29 is 0 Å². The predicted molar refractivity (Wildman–Crippen MR) is 132 cm³/mol. The van der Waals surface area contributed by atoms with Crippen molar-refractivity contribution in [1.82, 2.24) is 24.1 Å². The molecule has 6 heteroatoms. The third kappa shape index (κ3) is 3.33. The molecule has 0 fully saturated rings.